The lowest BCUT2D eigenvalue weighted by Crippen LogP contribution is -2.45. The van der Waals surface area contributed by atoms with Gasteiger partial charge in [-0.15, -0.1) is 0 Å². The lowest BCUT2D eigenvalue weighted by molar-refractivity contribution is -0.150. The molecular weight excluding hydrogens is 290 g/mol. The molecule has 0 N–H and O–H groups in total. The smallest absolute Gasteiger partial charge is 0.320 e. The highest BCUT2D eigenvalue weighted by molar-refractivity contribution is 5.72. The van der Waals surface area contributed by atoms with Gasteiger partial charge in [-0.1, -0.05) is 0 Å². The molecule has 1 aliphatic rings. The molecule has 8 nitrogen and oxygen atoms in total. The molecule has 0 bridgehead atoms. The van der Waals surface area contributed by atoms with Gasteiger partial charge in [0.05, 0.1) is 26.2 Å². The number of aldehydes is 3. The van der Waals surface area contributed by atoms with Crippen molar-refractivity contribution in [1.29, 1.82) is 0 Å². The van der Waals surface area contributed by atoms with Gasteiger partial charge in [0.25, 0.3) is 0 Å². The highest BCUT2D eigenvalue weighted by Gasteiger charge is 2.18. The first-order valence-electron chi connectivity index (χ1n) is 7.33. The summed E-state index contributed by atoms with van der Waals surface area (Å²) >= 11 is 0. The molecule has 0 aliphatic carbocycles. The summed E-state index contributed by atoms with van der Waals surface area (Å²) in [6, 6.07) is 0. The van der Waals surface area contributed by atoms with E-state index in [1.54, 1.807) is 4.90 Å². The fourth-order valence-corrected chi connectivity index (χ4v) is 2.22. The van der Waals surface area contributed by atoms with Crippen LogP contribution < -0.4 is 0 Å². The molecule has 22 heavy (non-hydrogen) atoms. The van der Waals surface area contributed by atoms with E-state index in [0.717, 1.165) is 18.9 Å². The van der Waals surface area contributed by atoms with Crippen LogP contribution >= 0.6 is 0 Å². The number of carbonyl (C=O) groups is 4. The van der Waals surface area contributed by atoms with E-state index in [1.807, 2.05) is 9.80 Å². The average Bonchev–Trinajstić information content (AvgIpc) is 2.50. The topological polar surface area (TPSA) is 87.2 Å². The molecule has 0 atom stereocenters. The third kappa shape index (κ3) is 7.39. The number of carbonyl (C=O) groups excluding carboxylic acids is 4. The molecule has 0 saturated carbocycles. The molecule has 124 valence electrons. The zero-order valence-electron chi connectivity index (χ0n) is 12.7. The summed E-state index contributed by atoms with van der Waals surface area (Å²) in [4.78, 5) is 48.7. The first-order chi connectivity index (χ1) is 10.7. The Balaban J connectivity index is 2.36. The average molecular weight is 313 g/mol. The molecule has 1 fully saturated rings. The van der Waals surface area contributed by atoms with Crippen molar-refractivity contribution in [2.45, 2.75) is 0 Å². The molecule has 0 amide bonds. The van der Waals surface area contributed by atoms with E-state index in [0.29, 0.717) is 39.3 Å². The number of rotatable bonds is 12. The molecule has 8 heteroatoms. The van der Waals surface area contributed by atoms with Crippen molar-refractivity contribution < 1.29 is 23.9 Å². The number of nitrogens with zero attached hydrogens (tertiary/aromatic N) is 3. The van der Waals surface area contributed by atoms with E-state index in [2.05, 4.69) is 0 Å². The van der Waals surface area contributed by atoms with Crippen LogP contribution in [0.25, 0.3) is 0 Å². The van der Waals surface area contributed by atoms with Crippen molar-refractivity contribution in [1.82, 2.24) is 14.7 Å². The molecule has 0 aromatic carbocycles. The second kappa shape index (κ2) is 11.0. The van der Waals surface area contributed by atoms with Crippen molar-refractivity contribution in [3.63, 3.8) is 0 Å². The summed E-state index contributed by atoms with van der Waals surface area (Å²) in [6.45, 7) is 4.49. The molecular formula is C14H23N3O5. The van der Waals surface area contributed by atoms with Crippen LogP contribution in [0.5, 0.6) is 0 Å². The highest BCUT2D eigenvalue weighted by Crippen LogP contribution is 1.99. The Morgan fingerprint density at radius 1 is 0.955 bits per heavy atom. The summed E-state index contributed by atoms with van der Waals surface area (Å²) in [5.74, 6) is -0.226. The first kappa shape index (κ1) is 18.4. The Labute approximate surface area is 130 Å². The molecule has 0 unspecified atom stereocenters. The van der Waals surface area contributed by atoms with Crippen molar-refractivity contribution in [2.75, 3.05) is 65.5 Å². The SMILES string of the molecule is O=CCN(CC=O)CCN(CC=O)CCN1CCOC(=O)C1. The van der Waals surface area contributed by atoms with E-state index in [9.17, 15) is 19.2 Å². The standard InChI is InChI=1S/C14H23N3O5/c18-9-5-15(1-2-16(6-10-19)7-11-20)3-4-17-8-12-22-14(21)13-17/h9-11H,1-8,12-13H2. The molecule has 0 aromatic rings. The third-order valence-corrected chi connectivity index (χ3v) is 3.49. The Hall–Kier alpha value is -1.64. The third-order valence-electron chi connectivity index (χ3n) is 3.49. The fourth-order valence-electron chi connectivity index (χ4n) is 2.22. The van der Waals surface area contributed by atoms with Gasteiger partial charge in [0.1, 0.15) is 25.5 Å². The van der Waals surface area contributed by atoms with Crippen LogP contribution in [0.1, 0.15) is 0 Å². The molecule has 1 heterocycles. The maximum absolute atomic E-state index is 11.2. The van der Waals surface area contributed by atoms with Crippen LogP contribution in [0.15, 0.2) is 0 Å². The van der Waals surface area contributed by atoms with Crippen molar-refractivity contribution >= 4 is 24.8 Å². The summed E-state index contributed by atoms with van der Waals surface area (Å²) in [5.41, 5.74) is 0. The Bertz CT molecular complexity index is 367. The molecule has 0 aromatic heterocycles. The predicted octanol–water partition coefficient (Wildman–Crippen LogP) is -1.95. The van der Waals surface area contributed by atoms with Gasteiger partial charge in [0.15, 0.2) is 0 Å². The first-order valence-corrected chi connectivity index (χ1v) is 7.33. The second-order valence-corrected chi connectivity index (χ2v) is 5.06. The van der Waals surface area contributed by atoms with E-state index in [1.165, 1.54) is 0 Å². The maximum Gasteiger partial charge on any atom is 0.320 e. The second-order valence-electron chi connectivity index (χ2n) is 5.06. The molecule has 1 rings (SSSR count). The van der Waals surface area contributed by atoms with Gasteiger partial charge in [-0.25, -0.2) is 0 Å². The summed E-state index contributed by atoms with van der Waals surface area (Å²) in [5, 5.41) is 0. The number of ether oxygens (including phenoxy) is 1. The van der Waals surface area contributed by atoms with Crippen molar-refractivity contribution in [2.24, 2.45) is 0 Å². The molecule has 1 aliphatic heterocycles. The summed E-state index contributed by atoms with van der Waals surface area (Å²) in [7, 11) is 0. The number of esters is 1. The van der Waals surface area contributed by atoms with Gasteiger partial charge in [-0.2, -0.15) is 0 Å². The normalized spacial score (nSPS) is 15.8. The van der Waals surface area contributed by atoms with Gasteiger partial charge in [-0.3, -0.25) is 19.5 Å². The zero-order chi connectivity index (χ0) is 16.2. The monoisotopic (exact) mass is 313 g/mol. The lowest BCUT2D eigenvalue weighted by atomic mass is 10.3. The maximum atomic E-state index is 11.2. The summed E-state index contributed by atoms with van der Waals surface area (Å²) in [6.07, 6.45) is 2.34. The van der Waals surface area contributed by atoms with E-state index >= 15 is 0 Å². The van der Waals surface area contributed by atoms with Crippen LogP contribution in [-0.4, -0.2) is 105 Å². The van der Waals surface area contributed by atoms with Crippen LogP contribution in [0.3, 0.4) is 0 Å². The minimum atomic E-state index is -0.226. The zero-order valence-corrected chi connectivity index (χ0v) is 12.7. The van der Waals surface area contributed by atoms with Crippen LogP contribution in [0.2, 0.25) is 0 Å². The molecule has 0 radical (unpaired) electrons. The van der Waals surface area contributed by atoms with Crippen molar-refractivity contribution in [3.8, 4) is 0 Å². The van der Waals surface area contributed by atoms with Gasteiger partial charge in [0.2, 0.25) is 0 Å². The van der Waals surface area contributed by atoms with Gasteiger partial charge >= 0.3 is 5.97 Å². The minimum absolute atomic E-state index is 0.200. The number of cyclic esters (lactones) is 1. The quantitative estimate of drug-likeness (QED) is 0.303. The fraction of sp³-hybridized carbons (Fsp3) is 0.714. The van der Waals surface area contributed by atoms with Crippen LogP contribution in [0.4, 0.5) is 0 Å². The number of hydrogen-bond acceptors (Lipinski definition) is 8. The Morgan fingerprint density at radius 2 is 1.55 bits per heavy atom. The predicted molar refractivity (Wildman–Crippen MR) is 78.5 cm³/mol. The van der Waals surface area contributed by atoms with Crippen molar-refractivity contribution in [3.05, 3.63) is 0 Å². The van der Waals surface area contributed by atoms with E-state index in [4.69, 9.17) is 4.74 Å². The molecule has 0 spiro atoms. The van der Waals surface area contributed by atoms with Crippen LogP contribution in [0, 0.1) is 0 Å². The Morgan fingerprint density at radius 3 is 2.14 bits per heavy atom. The molecule has 1 saturated heterocycles. The van der Waals surface area contributed by atoms with E-state index in [-0.39, 0.29) is 32.1 Å². The number of hydrogen-bond donors (Lipinski definition) is 0. The lowest BCUT2D eigenvalue weighted by Gasteiger charge is -2.29. The highest BCUT2D eigenvalue weighted by atomic mass is 16.5. The van der Waals surface area contributed by atoms with Gasteiger partial charge in [0, 0.05) is 32.7 Å². The van der Waals surface area contributed by atoms with Gasteiger partial charge < -0.3 is 19.1 Å². The minimum Gasteiger partial charge on any atom is -0.463 e. The Kier molecular flexibility index (Phi) is 9.20. The van der Waals surface area contributed by atoms with Crippen LogP contribution in [-0.2, 0) is 23.9 Å². The van der Waals surface area contributed by atoms with E-state index < -0.39 is 0 Å². The number of morpholine rings is 1. The largest absolute Gasteiger partial charge is 0.463 e. The summed E-state index contributed by atoms with van der Waals surface area (Å²) < 4.78 is 4.87. The van der Waals surface area contributed by atoms with Gasteiger partial charge in [-0.05, 0) is 0 Å².